The molecule has 2 N–H and O–H groups in total. The number of rotatable bonds is 4. The van der Waals surface area contributed by atoms with E-state index in [2.05, 4.69) is 0 Å². The normalized spacial score (nSPS) is 12.3. The highest BCUT2D eigenvalue weighted by molar-refractivity contribution is 5.78. The van der Waals surface area contributed by atoms with Crippen molar-refractivity contribution in [1.29, 1.82) is 0 Å². The van der Waals surface area contributed by atoms with Crippen LogP contribution in [0, 0.1) is 11.6 Å². The lowest BCUT2D eigenvalue weighted by molar-refractivity contribution is -0.129. The molecule has 0 fully saturated rings. The van der Waals surface area contributed by atoms with E-state index >= 15 is 0 Å². The first-order valence-corrected chi connectivity index (χ1v) is 5.33. The van der Waals surface area contributed by atoms with Gasteiger partial charge in [0.15, 0.2) is 11.6 Å². The lowest BCUT2D eigenvalue weighted by atomic mass is 10.1. The molecular formula is C12H16F2N2O. The SMILES string of the molecule is CC(N)CN(C)C(=O)Cc1ccc(F)c(F)c1. The fourth-order valence-corrected chi connectivity index (χ4v) is 1.49. The number of benzene rings is 1. The van der Waals surface area contributed by atoms with Crippen LogP contribution in [0.25, 0.3) is 0 Å². The highest BCUT2D eigenvalue weighted by Crippen LogP contribution is 2.10. The standard InChI is InChI=1S/C12H16F2N2O/c1-8(15)7-16(2)12(17)6-9-3-4-10(13)11(14)5-9/h3-5,8H,6-7,15H2,1-2H3. The molecule has 0 aliphatic carbocycles. The van der Waals surface area contributed by atoms with Gasteiger partial charge in [0.1, 0.15) is 0 Å². The van der Waals surface area contributed by atoms with Gasteiger partial charge in [-0.05, 0) is 24.6 Å². The van der Waals surface area contributed by atoms with Gasteiger partial charge in [0.25, 0.3) is 0 Å². The molecule has 5 heteroatoms. The van der Waals surface area contributed by atoms with Crippen LogP contribution >= 0.6 is 0 Å². The zero-order chi connectivity index (χ0) is 13.0. The summed E-state index contributed by atoms with van der Waals surface area (Å²) in [5.74, 6) is -2.02. The summed E-state index contributed by atoms with van der Waals surface area (Å²) < 4.78 is 25.6. The summed E-state index contributed by atoms with van der Waals surface area (Å²) in [5.41, 5.74) is 6.01. The Hall–Kier alpha value is -1.49. The zero-order valence-electron chi connectivity index (χ0n) is 9.91. The molecule has 0 spiro atoms. The maximum Gasteiger partial charge on any atom is 0.226 e. The molecule has 0 bridgehead atoms. The summed E-state index contributed by atoms with van der Waals surface area (Å²) in [4.78, 5) is 13.2. The lowest BCUT2D eigenvalue weighted by Crippen LogP contribution is -2.37. The Bertz CT molecular complexity index is 407. The maximum absolute atomic E-state index is 12.9. The monoisotopic (exact) mass is 242 g/mol. The van der Waals surface area contributed by atoms with Crippen LogP contribution in [0.2, 0.25) is 0 Å². The van der Waals surface area contributed by atoms with Crippen molar-refractivity contribution in [3.63, 3.8) is 0 Å². The summed E-state index contributed by atoms with van der Waals surface area (Å²) in [6.07, 6.45) is 0.0421. The minimum atomic E-state index is -0.940. The predicted octanol–water partition coefficient (Wildman–Crippen LogP) is 1.31. The summed E-state index contributed by atoms with van der Waals surface area (Å²) in [6, 6.07) is 3.33. The number of carbonyl (C=O) groups is 1. The molecule has 1 rings (SSSR count). The Morgan fingerprint density at radius 3 is 2.59 bits per heavy atom. The van der Waals surface area contributed by atoms with E-state index in [1.54, 1.807) is 14.0 Å². The smallest absolute Gasteiger partial charge is 0.226 e. The third-order valence-electron chi connectivity index (χ3n) is 2.33. The van der Waals surface area contributed by atoms with Crippen LogP contribution in [0.15, 0.2) is 18.2 Å². The van der Waals surface area contributed by atoms with Gasteiger partial charge in [-0.15, -0.1) is 0 Å². The topological polar surface area (TPSA) is 46.3 Å². The Kier molecular flexibility index (Phi) is 4.57. The average molecular weight is 242 g/mol. The average Bonchev–Trinajstić information content (AvgIpc) is 2.22. The number of halogens is 2. The van der Waals surface area contributed by atoms with Crippen molar-refractivity contribution in [2.24, 2.45) is 5.73 Å². The van der Waals surface area contributed by atoms with Crippen molar-refractivity contribution in [3.05, 3.63) is 35.4 Å². The number of hydrogen-bond acceptors (Lipinski definition) is 2. The molecule has 0 saturated carbocycles. The van der Waals surface area contributed by atoms with Crippen LogP contribution in [0.3, 0.4) is 0 Å². The van der Waals surface area contributed by atoms with Crippen molar-refractivity contribution in [2.75, 3.05) is 13.6 Å². The molecule has 1 aromatic rings. The van der Waals surface area contributed by atoms with E-state index in [1.165, 1.54) is 11.0 Å². The van der Waals surface area contributed by atoms with Crippen LogP contribution < -0.4 is 5.73 Å². The second kappa shape index (κ2) is 5.72. The maximum atomic E-state index is 12.9. The molecule has 0 saturated heterocycles. The first-order valence-electron chi connectivity index (χ1n) is 5.33. The van der Waals surface area contributed by atoms with Crippen LogP contribution in [-0.2, 0) is 11.2 Å². The van der Waals surface area contributed by atoms with E-state index in [0.717, 1.165) is 12.1 Å². The van der Waals surface area contributed by atoms with E-state index in [1.807, 2.05) is 0 Å². The molecule has 0 radical (unpaired) electrons. The van der Waals surface area contributed by atoms with Crippen LogP contribution in [0.1, 0.15) is 12.5 Å². The molecule has 1 unspecified atom stereocenters. The minimum absolute atomic E-state index is 0.0421. The second-order valence-electron chi connectivity index (χ2n) is 4.18. The van der Waals surface area contributed by atoms with Gasteiger partial charge in [0, 0.05) is 19.6 Å². The Morgan fingerprint density at radius 1 is 1.41 bits per heavy atom. The van der Waals surface area contributed by atoms with Crippen LogP contribution in [-0.4, -0.2) is 30.4 Å². The third kappa shape index (κ3) is 4.11. The number of nitrogens with zero attached hydrogens (tertiary/aromatic N) is 1. The van der Waals surface area contributed by atoms with E-state index < -0.39 is 11.6 Å². The Balaban J connectivity index is 2.64. The number of carbonyl (C=O) groups excluding carboxylic acids is 1. The molecule has 0 aliphatic rings. The van der Waals surface area contributed by atoms with Gasteiger partial charge in [-0.25, -0.2) is 8.78 Å². The van der Waals surface area contributed by atoms with Gasteiger partial charge in [-0.1, -0.05) is 6.07 Å². The minimum Gasteiger partial charge on any atom is -0.344 e. The molecule has 17 heavy (non-hydrogen) atoms. The fourth-order valence-electron chi connectivity index (χ4n) is 1.49. The number of amides is 1. The summed E-state index contributed by atoms with van der Waals surface area (Å²) in [7, 11) is 1.63. The van der Waals surface area contributed by atoms with Crippen molar-refractivity contribution in [2.45, 2.75) is 19.4 Å². The van der Waals surface area contributed by atoms with Crippen molar-refractivity contribution in [3.8, 4) is 0 Å². The third-order valence-corrected chi connectivity index (χ3v) is 2.33. The van der Waals surface area contributed by atoms with Crippen molar-refractivity contribution < 1.29 is 13.6 Å². The van der Waals surface area contributed by atoms with Crippen molar-refractivity contribution >= 4 is 5.91 Å². The highest BCUT2D eigenvalue weighted by Gasteiger charge is 2.12. The molecule has 1 atom stereocenters. The van der Waals surface area contributed by atoms with Gasteiger partial charge < -0.3 is 10.6 Å². The summed E-state index contributed by atoms with van der Waals surface area (Å²) >= 11 is 0. The summed E-state index contributed by atoms with van der Waals surface area (Å²) in [5, 5.41) is 0. The molecule has 0 aliphatic heterocycles. The number of likely N-dealkylation sites (N-methyl/N-ethyl adjacent to an activating group) is 1. The molecular weight excluding hydrogens is 226 g/mol. The first kappa shape index (κ1) is 13.6. The van der Waals surface area contributed by atoms with Gasteiger partial charge >= 0.3 is 0 Å². The highest BCUT2D eigenvalue weighted by atomic mass is 19.2. The van der Waals surface area contributed by atoms with Crippen LogP contribution in [0.5, 0.6) is 0 Å². The van der Waals surface area contributed by atoms with E-state index in [0.29, 0.717) is 12.1 Å². The number of hydrogen-bond donors (Lipinski definition) is 1. The predicted molar refractivity (Wildman–Crippen MR) is 61.3 cm³/mol. The van der Waals surface area contributed by atoms with Gasteiger partial charge in [0.2, 0.25) is 5.91 Å². The van der Waals surface area contributed by atoms with E-state index in [4.69, 9.17) is 5.73 Å². The molecule has 3 nitrogen and oxygen atoms in total. The van der Waals surface area contributed by atoms with Gasteiger partial charge in [-0.2, -0.15) is 0 Å². The second-order valence-corrected chi connectivity index (χ2v) is 4.18. The lowest BCUT2D eigenvalue weighted by Gasteiger charge is -2.19. The Morgan fingerprint density at radius 2 is 2.06 bits per heavy atom. The zero-order valence-corrected chi connectivity index (χ0v) is 9.91. The van der Waals surface area contributed by atoms with Gasteiger partial charge in [-0.3, -0.25) is 4.79 Å². The quantitative estimate of drug-likeness (QED) is 0.865. The molecule has 94 valence electrons. The van der Waals surface area contributed by atoms with Gasteiger partial charge in [0.05, 0.1) is 6.42 Å². The van der Waals surface area contributed by atoms with Crippen LogP contribution in [0.4, 0.5) is 8.78 Å². The van der Waals surface area contributed by atoms with E-state index in [9.17, 15) is 13.6 Å². The fraction of sp³-hybridized carbons (Fsp3) is 0.417. The van der Waals surface area contributed by atoms with Crippen molar-refractivity contribution in [1.82, 2.24) is 4.90 Å². The molecule has 0 aromatic heterocycles. The first-order chi connectivity index (χ1) is 7.90. The largest absolute Gasteiger partial charge is 0.344 e. The Labute approximate surface area is 99.2 Å². The number of nitrogens with two attached hydrogens (primary N) is 1. The molecule has 1 aromatic carbocycles. The molecule has 0 heterocycles. The summed E-state index contributed by atoms with van der Waals surface area (Å²) in [6.45, 7) is 2.23. The molecule has 1 amide bonds. The van der Waals surface area contributed by atoms with E-state index in [-0.39, 0.29) is 18.4 Å².